The van der Waals surface area contributed by atoms with Gasteiger partial charge in [0, 0.05) is 6.54 Å². The third kappa shape index (κ3) is 2.34. The maximum Gasteiger partial charge on any atom is 0.274 e. The molecule has 92 valence electrons. The Morgan fingerprint density at radius 3 is 3.18 bits per heavy atom. The molecule has 4 N–H and O–H groups in total. The lowest BCUT2D eigenvalue weighted by atomic mass is 10.2. The van der Waals surface area contributed by atoms with Gasteiger partial charge in [-0.15, -0.1) is 0 Å². The van der Waals surface area contributed by atoms with Gasteiger partial charge in [0.25, 0.3) is 5.91 Å². The molecule has 7 nitrogen and oxygen atoms in total. The fourth-order valence-corrected chi connectivity index (χ4v) is 1.98. The van der Waals surface area contributed by atoms with E-state index in [4.69, 9.17) is 5.84 Å². The summed E-state index contributed by atoms with van der Waals surface area (Å²) < 4.78 is 0. The predicted molar refractivity (Wildman–Crippen MR) is 61.0 cm³/mol. The van der Waals surface area contributed by atoms with Crippen LogP contribution in [0.25, 0.3) is 0 Å². The third-order valence-electron chi connectivity index (χ3n) is 2.85. The van der Waals surface area contributed by atoms with Crippen LogP contribution in [0.2, 0.25) is 0 Å². The van der Waals surface area contributed by atoms with Crippen molar-refractivity contribution in [2.24, 2.45) is 5.84 Å². The van der Waals surface area contributed by atoms with Crippen LogP contribution in [0, 0.1) is 0 Å². The summed E-state index contributed by atoms with van der Waals surface area (Å²) in [6.45, 7) is 0.625. The van der Waals surface area contributed by atoms with Gasteiger partial charge < -0.3 is 15.4 Å². The van der Waals surface area contributed by atoms with Crippen LogP contribution in [0.4, 0.5) is 5.82 Å². The molecule has 2 heterocycles. The molecule has 1 aliphatic heterocycles. The third-order valence-corrected chi connectivity index (χ3v) is 2.85. The van der Waals surface area contributed by atoms with E-state index in [9.17, 15) is 9.90 Å². The highest BCUT2D eigenvalue weighted by Crippen LogP contribution is 2.19. The first-order chi connectivity index (χ1) is 8.26. The predicted octanol–water partition coefficient (Wildman–Crippen LogP) is -0.641. The Morgan fingerprint density at radius 2 is 2.47 bits per heavy atom. The van der Waals surface area contributed by atoms with E-state index in [1.165, 1.54) is 12.4 Å². The molecular formula is C10H15N5O2. The highest BCUT2D eigenvalue weighted by atomic mass is 16.3. The average Bonchev–Trinajstić information content (AvgIpc) is 2.86. The normalized spacial score (nSPS) is 19.4. The Labute approximate surface area is 98.6 Å². The lowest BCUT2D eigenvalue weighted by Crippen LogP contribution is -2.38. The zero-order chi connectivity index (χ0) is 12.3. The van der Waals surface area contributed by atoms with Crippen LogP contribution in [0.3, 0.4) is 0 Å². The molecule has 1 aromatic rings. The number of hydrazine groups is 1. The standard InChI is InChI=1S/C10H15N5O2/c11-14-9-5-12-4-8(13-9)10(17)15-3-1-2-7(15)6-16/h4-5,7,16H,1-3,6,11H2,(H,13,14). The van der Waals surface area contributed by atoms with Crippen molar-refractivity contribution in [3.63, 3.8) is 0 Å². The molecule has 1 saturated heterocycles. The Morgan fingerprint density at radius 1 is 1.65 bits per heavy atom. The summed E-state index contributed by atoms with van der Waals surface area (Å²) in [6, 6.07) is -0.112. The highest BCUT2D eigenvalue weighted by Gasteiger charge is 2.29. The molecule has 0 bridgehead atoms. The molecule has 2 rings (SSSR count). The molecule has 1 aliphatic rings. The van der Waals surface area contributed by atoms with Crippen molar-refractivity contribution in [1.82, 2.24) is 14.9 Å². The maximum absolute atomic E-state index is 12.1. The molecule has 1 unspecified atom stereocenters. The molecule has 7 heteroatoms. The number of hydrogen-bond donors (Lipinski definition) is 3. The van der Waals surface area contributed by atoms with Gasteiger partial charge >= 0.3 is 0 Å². The largest absolute Gasteiger partial charge is 0.394 e. The smallest absolute Gasteiger partial charge is 0.274 e. The first kappa shape index (κ1) is 11.7. The minimum absolute atomic E-state index is 0.0198. The van der Waals surface area contributed by atoms with Gasteiger partial charge in [0.05, 0.1) is 25.0 Å². The molecule has 1 atom stereocenters. The Kier molecular flexibility index (Phi) is 3.50. The molecule has 0 aliphatic carbocycles. The second kappa shape index (κ2) is 5.07. The first-order valence-electron chi connectivity index (χ1n) is 5.46. The van der Waals surface area contributed by atoms with Crippen LogP contribution < -0.4 is 11.3 Å². The number of likely N-dealkylation sites (tertiary alicyclic amines) is 1. The number of hydrogen-bond acceptors (Lipinski definition) is 6. The van der Waals surface area contributed by atoms with E-state index in [-0.39, 0.29) is 24.2 Å². The van der Waals surface area contributed by atoms with Crippen LogP contribution in [-0.4, -0.2) is 45.1 Å². The number of aromatic nitrogens is 2. The van der Waals surface area contributed by atoms with Crippen molar-refractivity contribution in [1.29, 1.82) is 0 Å². The summed E-state index contributed by atoms with van der Waals surface area (Å²) in [6.07, 6.45) is 4.56. The van der Waals surface area contributed by atoms with Crippen molar-refractivity contribution in [2.45, 2.75) is 18.9 Å². The molecule has 17 heavy (non-hydrogen) atoms. The van der Waals surface area contributed by atoms with E-state index in [0.29, 0.717) is 12.4 Å². The monoisotopic (exact) mass is 237 g/mol. The fourth-order valence-electron chi connectivity index (χ4n) is 1.98. The number of nitrogens with two attached hydrogens (primary N) is 1. The molecule has 0 radical (unpaired) electrons. The fraction of sp³-hybridized carbons (Fsp3) is 0.500. The minimum atomic E-state index is -0.217. The Bertz CT molecular complexity index is 411. The molecule has 1 aromatic heterocycles. The topological polar surface area (TPSA) is 104 Å². The number of carbonyl (C=O) groups excluding carboxylic acids is 1. The van der Waals surface area contributed by atoms with Gasteiger partial charge in [-0.1, -0.05) is 0 Å². The minimum Gasteiger partial charge on any atom is -0.394 e. The van der Waals surface area contributed by atoms with Crippen LogP contribution in [0.5, 0.6) is 0 Å². The number of anilines is 1. The van der Waals surface area contributed by atoms with E-state index in [1.54, 1.807) is 4.90 Å². The maximum atomic E-state index is 12.1. The number of aliphatic hydroxyl groups is 1. The Balaban J connectivity index is 2.18. The molecule has 1 amide bonds. The van der Waals surface area contributed by atoms with Crippen LogP contribution in [-0.2, 0) is 0 Å². The average molecular weight is 237 g/mol. The molecular weight excluding hydrogens is 222 g/mol. The number of nitrogen functional groups attached to an aromatic ring is 1. The summed E-state index contributed by atoms with van der Waals surface area (Å²) in [5.41, 5.74) is 2.58. The number of carbonyl (C=O) groups is 1. The van der Waals surface area contributed by atoms with Crippen molar-refractivity contribution in [3.05, 3.63) is 18.1 Å². The lowest BCUT2D eigenvalue weighted by Gasteiger charge is -2.22. The van der Waals surface area contributed by atoms with Crippen LogP contribution in [0.1, 0.15) is 23.3 Å². The van der Waals surface area contributed by atoms with Crippen molar-refractivity contribution < 1.29 is 9.90 Å². The van der Waals surface area contributed by atoms with Gasteiger partial charge in [-0.3, -0.25) is 9.78 Å². The van der Waals surface area contributed by atoms with E-state index in [0.717, 1.165) is 12.8 Å². The second-order valence-corrected chi connectivity index (χ2v) is 3.91. The van der Waals surface area contributed by atoms with Crippen molar-refractivity contribution in [3.8, 4) is 0 Å². The summed E-state index contributed by atoms with van der Waals surface area (Å²) >= 11 is 0. The van der Waals surface area contributed by atoms with Gasteiger partial charge in [0.15, 0.2) is 5.82 Å². The Hall–Kier alpha value is -1.73. The van der Waals surface area contributed by atoms with E-state index in [2.05, 4.69) is 15.4 Å². The molecule has 0 spiro atoms. The summed E-state index contributed by atoms with van der Waals surface area (Å²) in [5.74, 6) is 5.33. The number of rotatable bonds is 3. The second-order valence-electron chi connectivity index (χ2n) is 3.91. The van der Waals surface area contributed by atoms with Crippen LogP contribution in [0.15, 0.2) is 12.4 Å². The number of amides is 1. The quantitative estimate of drug-likeness (QED) is 0.477. The number of aliphatic hydroxyl groups excluding tert-OH is 1. The summed E-state index contributed by atoms with van der Waals surface area (Å²) in [7, 11) is 0. The lowest BCUT2D eigenvalue weighted by molar-refractivity contribution is 0.0671. The van der Waals surface area contributed by atoms with Gasteiger partial charge in [0.1, 0.15) is 5.69 Å². The first-order valence-corrected chi connectivity index (χ1v) is 5.46. The van der Waals surface area contributed by atoms with Gasteiger partial charge in [-0.2, -0.15) is 0 Å². The summed E-state index contributed by atoms with van der Waals surface area (Å²) in [4.78, 5) is 21.7. The van der Waals surface area contributed by atoms with Gasteiger partial charge in [-0.05, 0) is 12.8 Å². The van der Waals surface area contributed by atoms with Gasteiger partial charge in [-0.25, -0.2) is 10.8 Å². The summed E-state index contributed by atoms with van der Waals surface area (Å²) in [5, 5.41) is 9.17. The zero-order valence-electron chi connectivity index (χ0n) is 9.33. The van der Waals surface area contributed by atoms with Crippen molar-refractivity contribution >= 4 is 11.7 Å². The van der Waals surface area contributed by atoms with E-state index in [1.807, 2.05) is 0 Å². The molecule has 0 aromatic carbocycles. The highest BCUT2D eigenvalue weighted by molar-refractivity contribution is 5.92. The van der Waals surface area contributed by atoms with Gasteiger partial charge in [0.2, 0.25) is 0 Å². The van der Waals surface area contributed by atoms with E-state index < -0.39 is 0 Å². The molecule has 0 saturated carbocycles. The number of nitrogens with zero attached hydrogens (tertiary/aromatic N) is 3. The molecule has 1 fully saturated rings. The van der Waals surface area contributed by atoms with E-state index >= 15 is 0 Å². The zero-order valence-corrected chi connectivity index (χ0v) is 9.33. The number of nitrogens with one attached hydrogen (secondary N) is 1. The SMILES string of the molecule is NNc1cncc(C(=O)N2CCCC2CO)n1. The van der Waals surface area contributed by atoms with Crippen LogP contribution >= 0.6 is 0 Å². The van der Waals surface area contributed by atoms with Crippen molar-refractivity contribution in [2.75, 3.05) is 18.6 Å².